The Morgan fingerprint density at radius 2 is 1.67 bits per heavy atom. The van der Waals surface area contributed by atoms with Crippen LogP contribution in [0.5, 0.6) is 0 Å². The summed E-state index contributed by atoms with van der Waals surface area (Å²) in [6.45, 7) is 0. The Labute approximate surface area is 136 Å². The van der Waals surface area contributed by atoms with Crippen LogP contribution in [0.1, 0.15) is 24.0 Å². The molecular weight excluding hydrogens is 319 g/mol. The van der Waals surface area contributed by atoms with Gasteiger partial charge in [0.25, 0.3) is 0 Å². The van der Waals surface area contributed by atoms with Crippen molar-refractivity contribution in [3.8, 4) is 0 Å². The van der Waals surface area contributed by atoms with Crippen LogP contribution in [0.2, 0.25) is 0 Å². The Morgan fingerprint density at radius 3 is 2.42 bits per heavy atom. The Hall–Kier alpha value is -2.63. The normalized spacial score (nSPS) is 15.7. The molecule has 1 aliphatic heterocycles. The van der Waals surface area contributed by atoms with Gasteiger partial charge in [0.2, 0.25) is 5.91 Å². The van der Waals surface area contributed by atoms with Crippen molar-refractivity contribution >= 4 is 23.1 Å². The third-order valence-corrected chi connectivity index (χ3v) is 3.94. The molecule has 3 nitrogen and oxygen atoms in total. The number of fused-ring (bicyclic) bond motifs is 1. The van der Waals surface area contributed by atoms with E-state index in [1.54, 1.807) is 24.3 Å². The van der Waals surface area contributed by atoms with Gasteiger partial charge in [-0.05, 0) is 36.2 Å². The molecule has 1 heterocycles. The zero-order chi connectivity index (χ0) is 17.3. The molecule has 0 spiro atoms. The predicted molar refractivity (Wildman–Crippen MR) is 83.0 cm³/mol. The minimum atomic E-state index is -4.50. The maximum Gasteiger partial charge on any atom is 0.416 e. The van der Waals surface area contributed by atoms with Crippen LogP contribution in [0.15, 0.2) is 48.5 Å². The SMILES string of the molecule is O=C1CCc2ccccc2N(c2cccc(C(F)(F)F)c2)C(=O)C1. The minimum Gasteiger partial charge on any atom is -0.299 e. The quantitative estimate of drug-likeness (QED) is 0.731. The number of amides is 1. The smallest absolute Gasteiger partial charge is 0.299 e. The van der Waals surface area contributed by atoms with Crippen molar-refractivity contribution in [1.82, 2.24) is 0 Å². The van der Waals surface area contributed by atoms with Crippen molar-refractivity contribution in [3.63, 3.8) is 0 Å². The summed E-state index contributed by atoms with van der Waals surface area (Å²) in [6.07, 6.45) is -4.11. The van der Waals surface area contributed by atoms with Crippen LogP contribution in [0.4, 0.5) is 24.5 Å². The molecule has 1 aliphatic rings. The largest absolute Gasteiger partial charge is 0.416 e. The molecule has 0 N–H and O–H groups in total. The number of hydrogen-bond acceptors (Lipinski definition) is 2. The molecule has 0 unspecified atom stereocenters. The van der Waals surface area contributed by atoms with Crippen LogP contribution in [0.25, 0.3) is 0 Å². The van der Waals surface area contributed by atoms with E-state index in [1.165, 1.54) is 17.0 Å². The van der Waals surface area contributed by atoms with Crippen molar-refractivity contribution in [3.05, 3.63) is 59.7 Å². The van der Waals surface area contributed by atoms with Gasteiger partial charge in [-0.3, -0.25) is 14.5 Å². The number of para-hydroxylation sites is 1. The summed E-state index contributed by atoms with van der Waals surface area (Å²) in [5.74, 6) is -0.738. The number of carbonyl (C=O) groups is 2. The third-order valence-electron chi connectivity index (χ3n) is 3.94. The summed E-state index contributed by atoms with van der Waals surface area (Å²) in [7, 11) is 0. The Bertz CT molecular complexity index is 799. The first kappa shape index (κ1) is 16.2. The van der Waals surface area contributed by atoms with Crippen LogP contribution < -0.4 is 4.90 Å². The molecule has 2 aromatic rings. The number of benzene rings is 2. The topological polar surface area (TPSA) is 37.4 Å². The van der Waals surface area contributed by atoms with Gasteiger partial charge in [-0.1, -0.05) is 24.3 Å². The number of ketones is 1. The minimum absolute atomic E-state index is 0.108. The van der Waals surface area contributed by atoms with Crippen molar-refractivity contribution in [1.29, 1.82) is 0 Å². The van der Waals surface area contributed by atoms with Crippen LogP contribution in [-0.4, -0.2) is 11.7 Å². The highest BCUT2D eigenvalue weighted by atomic mass is 19.4. The number of Topliss-reactive ketones (excluding diaryl/α,β-unsaturated/α-hetero) is 1. The van der Waals surface area contributed by atoms with Crippen molar-refractivity contribution in [2.24, 2.45) is 0 Å². The molecule has 0 aliphatic carbocycles. The van der Waals surface area contributed by atoms with Gasteiger partial charge in [-0.2, -0.15) is 13.2 Å². The highest BCUT2D eigenvalue weighted by Gasteiger charge is 2.32. The first-order chi connectivity index (χ1) is 11.4. The molecule has 1 amide bonds. The van der Waals surface area contributed by atoms with E-state index in [0.717, 1.165) is 17.7 Å². The molecule has 0 saturated heterocycles. The third kappa shape index (κ3) is 3.18. The van der Waals surface area contributed by atoms with Gasteiger partial charge in [0.1, 0.15) is 5.78 Å². The Morgan fingerprint density at radius 1 is 0.917 bits per heavy atom. The summed E-state index contributed by atoms with van der Waals surface area (Å²) >= 11 is 0. The summed E-state index contributed by atoms with van der Waals surface area (Å²) in [6, 6.07) is 11.5. The van der Waals surface area contributed by atoms with Crippen molar-refractivity contribution < 1.29 is 22.8 Å². The standard InChI is InChI=1S/C18H14F3NO2/c19-18(20,21)13-5-3-6-14(10-13)22-16-7-2-1-4-12(16)8-9-15(23)11-17(22)24/h1-7,10H,8-9,11H2. The molecule has 124 valence electrons. The summed E-state index contributed by atoms with van der Waals surface area (Å²) in [5.41, 5.74) is 0.557. The fourth-order valence-electron chi connectivity index (χ4n) is 2.79. The lowest BCUT2D eigenvalue weighted by Gasteiger charge is -2.27. The monoisotopic (exact) mass is 333 g/mol. The number of anilines is 2. The number of alkyl halides is 3. The van der Waals surface area contributed by atoms with E-state index in [9.17, 15) is 22.8 Å². The number of carbonyl (C=O) groups excluding carboxylic acids is 2. The van der Waals surface area contributed by atoms with Gasteiger partial charge >= 0.3 is 6.18 Å². The maximum atomic E-state index is 13.0. The van der Waals surface area contributed by atoms with Gasteiger partial charge in [-0.15, -0.1) is 0 Å². The lowest BCUT2D eigenvalue weighted by atomic mass is 9.99. The van der Waals surface area contributed by atoms with Gasteiger partial charge < -0.3 is 0 Å². The molecule has 0 bridgehead atoms. The van der Waals surface area contributed by atoms with Gasteiger partial charge in [0.15, 0.2) is 0 Å². The molecule has 0 aromatic heterocycles. The van der Waals surface area contributed by atoms with E-state index in [0.29, 0.717) is 12.1 Å². The van der Waals surface area contributed by atoms with Crippen LogP contribution in [0, 0.1) is 0 Å². The molecule has 6 heteroatoms. The summed E-state index contributed by atoms with van der Waals surface area (Å²) in [4.78, 5) is 25.6. The number of aryl methyl sites for hydroxylation is 1. The zero-order valence-electron chi connectivity index (χ0n) is 12.6. The number of hydrogen-bond donors (Lipinski definition) is 0. The van der Waals surface area contributed by atoms with Gasteiger partial charge in [-0.25, -0.2) is 0 Å². The van der Waals surface area contributed by atoms with Crippen LogP contribution in [-0.2, 0) is 22.2 Å². The number of rotatable bonds is 1. The second kappa shape index (κ2) is 6.11. The Kier molecular flexibility index (Phi) is 4.13. The summed E-state index contributed by atoms with van der Waals surface area (Å²) in [5, 5.41) is 0. The molecule has 0 saturated carbocycles. The molecular formula is C18H14F3NO2. The van der Waals surface area contributed by atoms with Crippen molar-refractivity contribution in [2.75, 3.05) is 4.90 Å². The average molecular weight is 333 g/mol. The van der Waals surface area contributed by atoms with Crippen molar-refractivity contribution in [2.45, 2.75) is 25.4 Å². The van der Waals surface area contributed by atoms with Crippen LogP contribution >= 0.6 is 0 Å². The Balaban J connectivity index is 2.14. The average Bonchev–Trinajstić information content (AvgIpc) is 2.52. The first-order valence-electron chi connectivity index (χ1n) is 7.46. The van der Waals surface area contributed by atoms with E-state index in [1.807, 2.05) is 0 Å². The second-order valence-electron chi connectivity index (χ2n) is 5.62. The molecule has 3 rings (SSSR count). The first-order valence-corrected chi connectivity index (χ1v) is 7.46. The predicted octanol–water partition coefficient (Wildman–Crippen LogP) is 4.28. The highest BCUT2D eigenvalue weighted by molar-refractivity contribution is 6.10. The van der Waals surface area contributed by atoms with E-state index >= 15 is 0 Å². The summed E-state index contributed by atoms with van der Waals surface area (Å²) < 4.78 is 38.9. The molecule has 0 radical (unpaired) electrons. The molecule has 0 atom stereocenters. The molecule has 0 fully saturated rings. The molecule has 2 aromatic carbocycles. The highest BCUT2D eigenvalue weighted by Crippen LogP contribution is 2.36. The van der Waals surface area contributed by atoms with E-state index < -0.39 is 17.6 Å². The zero-order valence-corrected chi connectivity index (χ0v) is 12.6. The van der Waals surface area contributed by atoms with E-state index in [-0.39, 0.29) is 24.3 Å². The van der Waals surface area contributed by atoms with E-state index in [2.05, 4.69) is 0 Å². The van der Waals surface area contributed by atoms with Gasteiger partial charge in [0.05, 0.1) is 17.7 Å². The lowest BCUT2D eigenvalue weighted by molar-refractivity contribution is -0.137. The number of nitrogens with zero attached hydrogens (tertiary/aromatic N) is 1. The molecule has 24 heavy (non-hydrogen) atoms. The fourth-order valence-corrected chi connectivity index (χ4v) is 2.79. The van der Waals surface area contributed by atoms with Gasteiger partial charge in [0, 0.05) is 12.1 Å². The maximum absolute atomic E-state index is 13.0. The lowest BCUT2D eigenvalue weighted by Crippen LogP contribution is -2.31. The fraction of sp³-hybridized carbons (Fsp3) is 0.222. The second-order valence-corrected chi connectivity index (χ2v) is 5.62. The van der Waals surface area contributed by atoms with Crippen LogP contribution in [0.3, 0.4) is 0 Å². The number of halogens is 3. The van der Waals surface area contributed by atoms with E-state index in [4.69, 9.17) is 0 Å².